The van der Waals surface area contributed by atoms with Crippen LogP contribution in [0.2, 0.25) is 0 Å². The molecule has 0 aromatic heterocycles. The largest absolute Gasteiger partial charge is 0.325 e. The first-order valence-corrected chi connectivity index (χ1v) is 7.07. The van der Waals surface area contributed by atoms with Gasteiger partial charge in [-0.25, -0.2) is 0 Å². The summed E-state index contributed by atoms with van der Waals surface area (Å²) in [5.41, 5.74) is 1.77. The molecule has 2 rings (SSSR count). The molecule has 98 valence electrons. The van der Waals surface area contributed by atoms with Gasteiger partial charge in [0.2, 0.25) is 5.91 Å². The number of aryl methyl sites for hydroxylation is 1. The third-order valence-corrected chi connectivity index (χ3v) is 4.28. The van der Waals surface area contributed by atoms with Crippen molar-refractivity contribution in [2.24, 2.45) is 5.41 Å². The van der Waals surface area contributed by atoms with Gasteiger partial charge in [0, 0.05) is 10.3 Å². The van der Waals surface area contributed by atoms with Crippen LogP contribution in [0.4, 0.5) is 5.69 Å². The first kappa shape index (κ1) is 13.5. The topological polar surface area (TPSA) is 29.1 Å². The molecular formula is C15H21NOS. The van der Waals surface area contributed by atoms with Gasteiger partial charge in [0.1, 0.15) is 0 Å². The summed E-state index contributed by atoms with van der Waals surface area (Å²) in [6.07, 6.45) is 5.56. The molecule has 0 unspecified atom stereocenters. The zero-order valence-corrected chi connectivity index (χ0v) is 12.0. The molecule has 2 nitrogen and oxygen atoms in total. The van der Waals surface area contributed by atoms with Crippen molar-refractivity contribution < 1.29 is 4.79 Å². The Morgan fingerprint density at radius 2 is 1.94 bits per heavy atom. The molecule has 0 saturated heterocycles. The van der Waals surface area contributed by atoms with Crippen molar-refractivity contribution in [1.29, 1.82) is 0 Å². The number of carbonyl (C=O) groups is 1. The van der Waals surface area contributed by atoms with Gasteiger partial charge in [-0.1, -0.05) is 32.3 Å². The van der Waals surface area contributed by atoms with Gasteiger partial charge in [-0.2, -0.15) is 0 Å². The second kappa shape index (κ2) is 5.35. The number of amides is 1. The van der Waals surface area contributed by atoms with Crippen molar-refractivity contribution in [3.05, 3.63) is 23.8 Å². The highest BCUT2D eigenvalue weighted by molar-refractivity contribution is 7.80. The lowest BCUT2D eigenvalue weighted by atomic mass is 9.75. The molecular weight excluding hydrogens is 242 g/mol. The molecule has 3 heteroatoms. The van der Waals surface area contributed by atoms with Crippen LogP contribution in [0.5, 0.6) is 0 Å². The van der Waals surface area contributed by atoms with Crippen molar-refractivity contribution in [3.63, 3.8) is 0 Å². The van der Waals surface area contributed by atoms with Crippen molar-refractivity contribution in [1.82, 2.24) is 0 Å². The lowest BCUT2D eigenvalue weighted by Crippen LogP contribution is -2.35. The van der Waals surface area contributed by atoms with Gasteiger partial charge in [0.25, 0.3) is 0 Å². The quantitative estimate of drug-likeness (QED) is 0.770. The first-order chi connectivity index (χ1) is 8.51. The summed E-state index contributed by atoms with van der Waals surface area (Å²) in [6.45, 7) is 4.10. The van der Waals surface area contributed by atoms with Crippen LogP contribution in [-0.2, 0) is 4.79 Å². The molecule has 1 aliphatic rings. The van der Waals surface area contributed by atoms with Gasteiger partial charge < -0.3 is 5.32 Å². The number of carbonyl (C=O) groups excluding carboxylic acids is 1. The molecule has 0 heterocycles. The van der Waals surface area contributed by atoms with Crippen LogP contribution in [0.25, 0.3) is 0 Å². The number of rotatable bonds is 2. The number of hydrogen-bond donors (Lipinski definition) is 2. The Kier molecular flexibility index (Phi) is 4.00. The fourth-order valence-electron chi connectivity index (χ4n) is 2.58. The van der Waals surface area contributed by atoms with E-state index in [0.29, 0.717) is 0 Å². The van der Waals surface area contributed by atoms with Crippen molar-refractivity contribution in [3.8, 4) is 0 Å². The predicted molar refractivity (Wildman–Crippen MR) is 78.3 cm³/mol. The summed E-state index contributed by atoms with van der Waals surface area (Å²) < 4.78 is 0. The summed E-state index contributed by atoms with van der Waals surface area (Å²) in [5.74, 6) is 0.140. The van der Waals surface area contributed by atoms with Gasteiger partial charge in [-0.15, -0.1) is 12.6 Å². The van der Waals surface area contributed by atoms with Crippen molar-refractivity contribution in [2.45, 2.75) is 50.8 Å². The van der Waals surface area contributed by atoms with Crippen LogP contribution in [0.1, 0.15) is 44.6 Å². The monoisotopic (exact) mass is 263 g/mol. The average molecular weight is 263 g/mol. The smallest absolute Gasteiger partial charge is 0.230 e. The molecule has 18 heavy (non-hydrogen) atoms. The number of nitrogens with one attached hydrogen (secondary N) is 1. The number of anilines is 1. The third-order valence-electron chi connectivity index (χ3n) is 3.91. The lowest BCUT2D eigenvalue weighted by Gasteiger charge is -2.32. The molecule has 1 amide bonds. The van der Waals surface area contributed by atoms with E-state index in [1.54, 1.807) is 0 Å². The maximum atomic E-state index is 12.4. The molecule has 0 atom stereocenters. The Morgan fingerprint density at radius 3 is 2.56 bits per heavy atom. The molecule has 0 bridgehead atoms. The second-order valence-electron chi connectivity index (χ2n) is 5.60. The van der Waals surface area contributed by atoms with E-state index in [1.807, 2.05) is 25.1 Å². The van der Waals surface area contributed by atoms with Gasteiger partial charge in [0.05, 0.1) is 5.69 Å². The van der Waals surface area contributed by atoms with E-state index in [9.17, 15) is 4.79 Å². The van der Waals surface area contributed by atoms with E-state index in [-0.39, 0.29) is 11.3 Å². The highest BCUT2D eigenvalue weighted by atomic mass is 32.1. The van der Waals surface area contributed by atoms with E-state index in [2.05, 4.69) is 24.9 Å². The van der Waals surface area contributed by atoms with Crippen LogP contribution < -0.4 is 5.32 Å². The highest BCUT2D eigenvalue weighted by Crippen LogP contribution is 2.37. The zero-order chi connectivity index (χ0) is 13.2. The molecule has 1 N–H and O–H groups in total. The van der Waals surface area contributed by atoms with E-state index in [1.165, 1.54) is 6.42 Å². The maximum Gasteiger partial charge on any atom is 0.230 e. The Hall–Kier alpha value is -0.960. The molecule has 1 aromatic carbocycles. The van der Waals surface area contributed by atoms with Crippen LogP contribution in [0.15, 0.2) is 23.1 Å². The Morgan fingerprint density at radius 1 is 1.28 bits per heavy atom. The highest BCUT2D eigenvalue weighted by Gasteiger charge is 2.34. The van der Waals surface area contributed by atoms with E-state index < -0.39 is 0 Å². The SMILES string of the molecule is Cc1ccc(NC(=O)C2(C)CCCCC2)c(S)c1. The van der Waals surface area contributed by atoms with Crippen LogP contribution >= 0.6 is 12.6 Å². The first-order valence-electron chi connectivity index (χ1n) is 6.62. The molecule has 0 radical (unpaired) electrons. The maximum absolute atomic E-state index is 12.4. The van der Waals surface area contributed by atoms with Crippen LogP contribution in [0.3, 0.4) is 0 Å². The van der Waals surface area contributed by atoms with Gasteiger partial charge in [-0.3, -0.25) is 4.79 Å². The fourth-order valence-corrected chi connectivity index (χ4v) is 2.91. The number of hydrogen-bond acceptors (Lipinski definition) is 2. The molecule has 0 aliphatic heterocycles. The lowest BCUT2D eigenvalue weighted by molar-refractivity contribution is -0.126. The summed E-state index contributed by atoms with van der Waals surface area (Å²) in [4.78, 5) is 13.2. The predicted octanol–water partition coefficient (Wildman–Crippen LogP) is 4.19. The van der Waals surface area contributed by atoms with E-state index in [4.69, 9.17) is 0 Å². The standard InChI is InChI=1S/C15H21NOS/c1-11-6-7-12(13(18)10-11)16-14(17)15(2)8-4-3-5-9-15/h6-7,10,18H,3-5,8-9H2,1-2H3,(H,16,17). The van der Waals surface area contributed by atoms with Crippen molar-refractivity contribution in [2.75, 3.05) is 5.32 Å². The van der Waals surface area contributed by atoms with Crippen molar-refractivity contribution >= 4 is 24.2 Å². The minimum Gasteiger partial charge on any atom is -0.325 e. The molecule has 1 aromatic rings. The normalized spacial score (nSPS) is 18.4. The Labute approximate surface area is 115 Å². The summed E-state index contributed by atoms with van der Waals surface area (Å²) in [5, 5.41) is 3.03. The fraction of sp³-hybridized carbons (Fsp3) is 0.533. The van der Waals surface area contributed by atoms with Crippen LogP contribution in [0, 0.1) is 12.3 Å². The zero-order valence-electron chi connectivity index (χ0n) is 11.1. The second-order valence-corrected chi connectivity index (χ2v) is 6.08. The molecule has 1 fully saturated rings. The molecule has 1 saturated carbocycles. The Balaban J connectivity index is 2.11. The van der Waals surface area contributed by atoms with Crippen LogP contribution in [-0.4, -0.2) is 5.91 Å². The van der Waals surface area contributed by atoms with Gasteiger partial charge in [-0.05, 0) is 37.5 Å². The average Bonchev–Trinajstić information content (AvgIpc) is 2.33. The minimum absolute atomic E-state index is 0.140. The summed E-state index contributed by atoms with van der Waals surface area (Å²) in [7, 11) is 0. The molecule has 1 aliphatic carbocycles. The third kappa shape index (κ3) is 2.89. The summed E-state index contributed by atoms with van der Waals surface area (Å²) >= 11 is 4.42. The Bertz CT molecular complexity index is 450. The van der Waals surface area contributed by atoms with E-state index in [0.717, 1.165) is 41.8 Å². The van der Waals surface area contributed by atoms with E-state index >= 15 is 0 Å². The minimum atomic E-state index is -0.205. The molecule has 0 spiro atoms. The van der Waals surface area contributed by atoms with Gasteiger partial charge in [0.15, 0.2) is 0 Å². The number of benzene rings is 1. The summed E-state index contributed by atoms with van der Waals surface area (Å²) in [6, 6.07) is 5.90. The number of thiol groups is 1. The van der Waals surface area contributed by atoms with Gasteiger partial charge >= 0.3 is 0 Å².